The molecule has 0 atom stereocenters. The Labute approximate surface area is 71.9 Å². The zero-order valence-electron chi connectivity index (χ0n) is 7.29. The third kappa shape index (κ3) is 5.50. The molecule has 0 bridgehead atoms. The van der Waals surface area contributed by atoms with Gasteiger partial charge in [0.2, 0.25) is 0 Å². The molecule has 0 saturated carbocycles. The lowest BCUT2D eigenvalue weighted by Gasteiger charge is -1.96. The van der Waals surface area contributed by atoms with E-state index >= 15 is 0 Å². The SMILES string of the molecule is C=C(C)C(=O)CCCCN=[N+]=[N-]. The Morgan fingerprint density at radius 1 is 1.58 bits per heavy atom. The second-order valence-corrected chi connectivity index (χ2v) is 2.62. The van der Waals surface area contributed by atoms with Crippen LogP contribution in [0.3, 0.4) is 0 Å². The van der Waals surface area contributed by atoms with Crippen molar-refractivity contribution < 1.29 is 4.79 Å². The summed E-state index contributed by atoms with van der Waals surface area (Å²) in [5, 5.41) is 3.36. The van der Waals surface area contributed by atoms with Gasteiger partial charge in [0.05, 0.1) is 0 Å². The van der Waals surface area contributed by atoms with Crippen LogP contribution in [0.1, 0.15) is 26.2 Å². The van der Waals surface area contributed by atoms with Crippen molar-refractivity contribution in [1.29, 1.82) is 0 Å². The first-order chi connectivity index (χ1) is 5.68. The number of hydrogen-bond acceptors (Lipinski definition) is 2. The summed E-state index contributed by atoms with van der Waals surface area (Å²) in [6, 6.07) is 0. The van der Waals surface area contributed by atoms with Gasteiger partial charge in [-0.05, 0) is 30.9 Å². The first-order valence-electron chi connectivity index (χ1n) is 3.88. The number of Topliss-reactive ketones (excluding diaryl/α,β-unsaturated/α-hetero) is 1. The van der Waals surface area contributed by atoms with Crippen LogP contribution in [0.25, 0.3) is 10.4 Å². The van der Waals surface area contributed by atoms with Gasteiger partial charge >= 0.3 is 0 Å². The van der Waals surface area contributed by atoms with Gasteiger partial charge < -0.3 is 0 Å². The summed E-state index contributed by atoms with van der Waals surface area (Å²) in [5.41, 5.74) is 8.54. The second-order valence-electron chi connectivity index (χ2n) is 2.62. The fourth-order valence-electron chi connectivity index (χ4n) is 0.726. The van der Waals surface area contributed by atoms with Crippen molar-refractivity contribution in [1.82, 2.24) is 0 Å². The van der Waals surface area contributed by atoms with Crippen LogP contribution >= 0.6 is 0 Å². The molecule has 0 N–H and O–H groups in total. The average molecular weight is 167 g/mol. The van der Waals surface area contributed by atoms with Crippen LogP contribution < -0.4 is 0 Å². The van der Waals surface area contributed by atoms with Crippen LogP contribution in [0.5, 0.6) is 0 Å². The molecule has 0 heterocycles. The zero-order chi connectivity index (χ0) is 9.40. The van der Waals surface area contributed by atoms with Crippen molar-refractivity contribution in [2.45, 2.75) is 26.2 Å². The number of carbonyl (C=O) groups excluding carboxylic acids is 1. The van der Waals surface area contributed by atoms with E-state index in [1.165, 1.54) is 0 Å². The van der Waals surface area contributed by atoms with E-state index in [2.05, 4.69) is 16.6 Å². The summed E-state index contributed by atoms with van der Waals surface area (Å²) in [5.74, 6) is 0.0935. The molecule has 0 saturated heterocycles. The van der Waals surface area contributed by atoms with Gasteiger partial charge in [-0.2, -0.15) is 0 Å². The standard InChI is InChI=1S/C8H13N3O/c1-7(2)8(12)5-3-4-6-10-11-9/h1,3-6H2,2H3. The molecular weight excluding hydrogens is 154 g/mol. The lowest BCUT2D eigenvalue weighted by Crippen LogP contribution is -1.97. The Morgan fingerprint density at radius 3 is 2.75 bits per heavy atom. The quantitative estimate of drug-likeness (QED) is 0.197. The maximum Gasteiger partial charge on any atom is 0.157 e. The van der Waals surface area contributed by atoms with Crippen molar-refractivity contribution in [3.63, 3.8) is 0 Å². The van der Waals surface area contributed by atoms with Crippen LogP contribution in [0.4, 0.5) is 0 Å². The maximum atomic E-state index is 11.0. The highest BCUT2D eigenvalue weighted by atomic mass is 16.1. The molecule has 0 aromatic carbocycles. The molecule has 0 aliphatic heterocycles. The van der Waals surface area contributed by atoms with Crippen molar-refractivity contribution in [2.24, 2.45) is 5.11 Å². The largest absolute Gasteiger partial charge is 0.295 e. The average Bonchev–Trinajstić information content (AvgIpc) is 2.03. The molecule has 0 aliphatic rings. The Kier molecular flexibility index (Phi) is 5.75. The number of hydrogen-bond donors (Lipinski definition) is 0. The second kappa shape index (κ2) is 6.43. The normalized spacial score (nSPS) is 8.75. The summed E-state index contributed by atoms with van der Waals surface area (Å²) < 4.78 is 0. The fourth-order valence-corrected chi connectivity index (χ4v) is 0.726. The molecule has 0 aromatic heterocycles. The summed E-state index contributed by atoms with van der Waals surface area (Å²) in [4.78, 5) is 13.6. The van der Waals surface area contributed by atoms with Crippen LogP contribution in [0.15, 0.2) is 17.3 Å². The fraction of sp³-hybridized carbons (Fsp3) is 0.625. The Bertz CT molecular complexity index is 216. The molecule has 0 radical (unpaired) electrons. The summed E-state index contributed by atoms with van der Waals surface area (Å²) in [7, 11) is 0. The summed E-state index contributed by atoms with van der Waals surface area (Å²) >= 11 is 0. The van der Waals surface area contributed by atoms with Gasteiger partial charge in [-0.3, -0.25) is 4.79 Å². The molecule has 0 fully saturated rings. The Hall–Kier alpha value is -1.28. The number of carbonyl (C=O) groups is 1. The topological polar surface area (TPSA) is 65.8 Å². The van der Waals surface area contributed by atoms with Crippen LogP contribution in [0, 0.1) is 0 Å². The minimum atomic E-state index is 0.0935. The Balaban J connectivity index is 3.37. The number of allylic oxidation sites excluding steroid dienone is 1. The van der Waals surface area contributed by atoms with E-state index in [0.29, 0.717) is 18.5 Å². The van der Waals surface area contributed by atoms with E-state index in [0.717, 1.165) is 12.8 Å². The highest BCUT2D eigenvalue weighted by Crippen LogP contribution is 2.02. The highest BCUT2D eigenvalue weighted by Gasteiger charge is 2.00. The molecule has 0 amide bonds. The first-order valence-corrected chi connectivity index (χ1v) is 3.88. The smallest absolute Gasteiger partial charge is 0.157 e. The van der Waals surface area contributed by atoms with Crippen LogP contribution in [-0.4, -0.2) is 12.3 Å². The minimum absolute atomic E-state index is 0.0935. The molecule has 4 heteroatoms. The molecule has 0 spiro atoms. The third-order valence-corrected chi connectivity index (χ3v) is 1.45. The van der Waals surface area contributed by atoms with E-state index in [1.807, 2.05) is 0 Å². The van der Waals surface area contributed by atoms with Gasteiger partial charge in [0, 0.05) is 17.9 Å². The number of nitrogens with zero attached hydrogens (tertiary/aromatic N) is 3. The molecule has 0 aromatic rings. The number of azide groups is 1. The zero-order valence-corrected chi connectivity index (χ0v) is 7.29. The highest BCUT2D eigenvalue weighted by molar-refractivity contribution is 5.93. The molecule has 66 valence electrons. The van der Waals surface area contributed by atoms with Crippen molar-refractivity contribution in [3.05, 3.63) is 22.6 Å². The summed E-state index contributed by atoms with van der Waals surface area (Å²) in [6.07, 6.45) is 2.05. The van der Waals surface area contributed by atoms with E-state index in [1.54, 1.807) is 6.92 Å². The maximum absolute atomic E-state index is 11.0. The monoisotopic (exact) mass is 167 g/mol. The lowest BCUT2D eigenvalue weighted by atomic mass is 10.1. The molecule has 0 aliphatic carbocycles. The number of unbranched alkanes of at least 4 members (excludes halogenated alkanes) is 1. The van der Waals surface area contributed by atoms with Gasteiger partial charge in [-0.25, -0.2) is 0 Å². The van der Waals surface area contributed by atoms with Crippen molar-refractivity contribution >= 4 is 5.78 Å². The molecule has 4 nitrogen and oxygen atoms in total. The third-order valence-electron chi connectivity index (χ3n) is 1.45. The Morgan fingerprint density at radius 2 is 2.25 bits per heavy atom. The molecule has 0 rings (SSSR count). The molecule has 12 heavy (non-hydrogen) atoms. The van der Waals surface area contributed by atoms with Crippen molar-refractivity contribution in [2.75, 3.05) is 6.54 Å². The van der Waals surface area contributed by atoms with E-state index in [9.17, 15) is 4.79 Å². The number of rotatable bonds is 6. The minimum Gasteiger partial charge on any atom is -0.295 e. The lowest BCUT2D eigenvalue weighted by molar-refractivity contribution is -0.115. The molecular formula is C8H13N3O. The van der Waals surface area contributed by atoms with E-state index in [4.69, 9.17) is 5.53 Å². The van der Waals surface area contributed by atoms with Crippen molar-refractivity contribution in [3.8, 4) is 0 Å². The van der Waals surface area contributed by atoms with Gasteiger partial charge in [0.15, 0.2) is 5.78 Å². The van der Waals surface area contributed by atoms with E-state index < -0.39 is 0 Å². The summed E-state index contributed by atoms with van der Waals surface area (Å²) in [6.45, 7) is 5.71. The predicted octanol–water partition coefficient (Wildman–Crippen LogP) is 2.61. The molecule has 0 unspecified atom stereocenters. The van der Waals surface area contributed by atoms with Gasteiger partial charge in [0.25, 0.3) is 0 Å². The van der Waals surface area contributed by atoms with Gasteiger partial charge in [0.1, 0.15) is 0 Å². The van der Waals surface area contributed by atoms with Crippen LogP contribution in [-0.2, 0) is 4.79 Å². The van der Waals surface area contributed by atoms with E-state index in [-0.39, 0.29) is 5.78 Å². The van der Waals surface area contributed by atoms with Gasteiger partial charge in [-0.15, -0.1) is 0 Å². The first kappa shape index (κ1) is 10.7. The predicted molar refractivity (Wildman–Crippen MR) is 47.7 cm³/mol. The van der Waals surface area contributed by atoms with Gasteiger partial charge in [-0.1, -0.05) is 11.7 Å². The van der Waals surface area contributed by atoms with Crippen LogP contribution in [0.2, 0.25) is 0 Å². The number of ketones is 1.